The van der Waals surface area contributed by atoms with Crippen molar-refractivity contribution in [2.45, 2.75) is 12.5 Å². The Hall–Kier alpha value is -1.56. The van der Waals surface area contributed by atoms with Gasteiger partial charge in [-0.15, -0.1) is 0 Å². The number of β-amino-alcohol motifs (C(OH)–C–C–N with tert-alkyl or cyclic N) is 1. The number of hydrogen-bond donors (Lipinski definition) is 1. The van der Waals surface area contributed by atoms with Crippen molar-refractivity contribution in [1.82, 2.24) is 9.97 Å². The molecule has 2 heterocycles. The van der Waals surface area contributed by atoms with Gasteiger partial charge in [0.05, 0.1) is 26.4 Å². The maximum atomic E-state index is 9.45. The predicted octanol–water partition coefficient (Wildman–Crippen LogP) is 0.0648. The number of aliphatic hydroxyl groups is 1. The van der Waals surface area contributed by atoms with Crippen molar-refractivity contribution in [2.24, 2.45) is 0 Å². The summed E-state index contributed by atoms with van der Waals surface area (Å²) in [4.78, 5) is 10.3. The van der Waals surface area contributed by atoms with Gasteiger partial charge in [0.2, 0.25) is 17.7 Å². The molecule has 0 aliphatic carbocycles. The molecule has 0 aromatic carbocycles. The van der Waals surface area contributed by atoms with Gasteiger partial charge in [-0.05, 0) is 6.42 Å². The second-order valence-electron chi connectivity index (χ2n) is 3.64. The molecule has 6 heteroatoms. The highest BCUT2D eigenvalue weighted by Gasteiger charge is 2.23. The van der Waals surface area contributed by atoms with Gasteiger partial charge in [0.25, 0.3) is 0 Å². The van der Waals surface area contributed by atoms with Gasteiger partial charge in [0.15, 0.2) is 0 Å². The van der Waals surface area contributed by atoms with Crippen LogP contribution in [0, 0.1) is 0 Å². The van der Waals surface area contributed by atoms with Crippen LogP contribution in [0.4, 0.5) is 5.95 Å². The van der Waals surface area contributed by atoms with Crippen LogP contribution in [-0.2, 0) is 0 Å². The molecule has 0 amide bonds. The van der Waals surface area contributed by atoms with E-state index in [2.05, 4.69) is 9.97 Å². The first-order valence-electron chi connectivity index (χ1n) is 5.13. The molecule has 1 N–H and O–H groups in total. The van der Waals surface area contributed by atoms with E-state index in [4.69, 9.17) is 9.47 Å². The predicted molar refractivity (Wildman–Crippen MR) is 58.0 cm³/mol. The molecule has 1 fully saturated rings. The van der Waals surface area contributed by atoms with Crippen LogP contribution in [0.5, 0.6) is 11.8 Å². The summed E-state index contributed by atoms with van der Waals surface area (Å²) >= 11 is 0. The molecule has 0 saturated carbocycles. The van der Waals surface area contributed by atoms with E-state index < -0.39 is 0 Å². The lowest BCUT2D eigenvalue weighted by Gasteiger charge is -2.16. The van der Waals surface area contributed by atoms with Gasteiger partial charge < -0.3 is 19.5 Å². The fraction of sp³-hybridized carbons (Fsp3) is 0.600. The summed E-state index contributed by atoms with van der Waals surface area (Å²) in [6, 6.07) is 1.62. The van der Waals surface area contributed by atoms with Crippen molar-refractivity contribution in [3.05, 3.63) is 6.07 Å². The van der Waals surface area contributed by atoms with E-state index >= 15 is 0 Å². The van der Waals surface area contributed by atoms with Crippen LogP contribution in [0.3, 0.4) is 0 Å². The normalized spacial score (nSPS) is 19.9. The minimum atomic E-state index is -0.305. The van der Waals surface area contributed by atoms with Gasteiger partial charge in [-0.1, -0.05) is 0 Å². The lowest BCUT2D eigenvalue weighted by atomic mass is 10.3. The number of anilines is 1. The van der Waals surface area contributed by atoms with Gasteiger partial charge in [-0.2, -0.15) is 9.97 Å². The first kappa shape index (κ1) is 10.9. The average molecular weight is 225 g/mol. The van der Waals surface area contributed by atoms with Gasteiger partial charge in [-0.25, -0.2) is 0 Å². The Labute approximate surface area is 93.8 Å². The van der Waals surface area contributed by atoms with Gasteiger partial charge in [-0.3, -0.25) is 0 Å². The number of ether oxygens (including phenoxy) is 2. The Kier molecular flexibility index (Phi) is 3.09. The van der Waals surface area contributed by atoms with Crippen LogP contribution in [0.2, 0.25) is 0 Å². The van der Waals surface area contributed by atoms with Crippen molar-refractivity contribution < 1.29 is 14.6 Å². The van der Waals surface area contributed by atoms with Crippen LogP contribution < -0.4 is 14.4 Å². The molecular weight excluding hydrogens is 210 g/mol. The standard InChI is InChI=1S/C10H15N3O3/c1-15-8-5-9(16-2)12-10(11-8)13-4-3-7(14)6-13/h5,7,14H,3-4,6H2,1-2H3/t7-/m1/s1. The smallest absolute Gasteiger partial charge is 0.232 e. The third-order valence-electron chi connectivity index (χ3n) is 2.53. The number of aliphatic hydroxyl groups excluding tert-OH is 1. The molecule has 1 aliphatic rings. The summed E-state index contributed by atoms with van der Waals surface area (Å²) in [6.45, 7) is 1.30. The zero-order valence-corrected chi connectivity index (χ0v) is 9.38. The SMILES string of the molecule is COc1cc(OC)nc(N2CC[C@@H](O)C2)n1. The molecule has 0 bridgehead atoms. The summed E-state index contributed by atoms with van der Waals surface area (Å²) in [5, 5.41) is 9.45. The molecule has 0 radical (unpaired) electrons. The fourth-order valence-corrected chi connectivity index (χ4v) is 1.67. The second-order valence-corrected chi connectivity index (χ2v) is 3.64. The molecule has 1 saturated heterocycles. The molecule has 2 rings (SSSR count). The highest BCUT2D eigenvalue weighted by atomic mass is 16.5. The van der Waals surface area contributed by atoms with E-state index in [0.29, 0.717) is 24.3 Å². The lowest BCUT2D eigenvalue weighted by Crippen LogP contribution is -2.23. The Morgan fingerprint density at radius 3 is 2.38 bits per heavy atom. The summed E-state index contributed by atoms with van der Waals surface area (Å²) < 4.78 is 10.1. The summed E-state index contributed by atoms with van der Waals surface area (Å²) in [6.07, 6.45) is 0.434. The van der Waals surface area contributed by atoms with Crippen molar-refractivity contribution in [3.8, 4) is 11.8 Å². The third-order valence-corrected chi connectivity index (χ3v) is 2.53. The maximum Gasteiger partial charge on any atom is 0.232 e. The monoisotopic (exact) mass is 225 g/mol. The summed E-state index contributed by atoms with van der Waals surface area (Å²) in [7, 11) is 3.09. The molecule has 1 aliphatic heterocycles. The minimum Gasteiger partial charge on any atom is -0.481 e. The molecule has 16 heavy (non-hydrogen) atoms. The highest BCUT2D eigenvalue weighted by Crippen LogP contribution is 2.22. The second kappa shape index (κ2) is 4.52. The van der Waals surface area contributed by atoms with Crippen molar-refractivity contribution in [3.63, 3.8) is 0 Å². The van der Waals surface area contributed by atoms with E-state index in [-0.39, 0.29) is 6.10 Å². The molecule has 0 unspecified atom stereocenters. The fourth-order valence-electron chi connectivity index (χ4n) is 1.67. The van der Waals surface area contributed by atoms with Crippen molar-refractivity contribution in [1.29, 1.82) is 0 Å². The largest absolute Gasteiger partial charge is 0.481 e. The zero-order valence-electron chi connectivity index (χ0n) is 9.38. The van der Waals surface area contributed by atoms with E-state index in [9.17, 15) is 5.11 Å². The van der Waals surface area contributed by atoms with E-state index in [1.807, 2.05) is 4.90 Å². The van der Waals surface area contributed by atoms with Crippen LogP contribution in [0.1, 0.15) is 6.42 Å². The van der Waals surface area contributed by atoms with Crippen LogP contribution in [0.25, 0.3) is 0 Å². The average Bonchev–Trinajstić information content (AvgIpc) is 2.75. The van der Waals surface area contributed by atoms with Gasteiger partial charge >= 0.3 is 0 Å². The Morgan fingerprint density at radius 2 is 1.94 bits per heavy atom. The summed E-state index contributed by atoms with van der Waals surface area (Å²) in [5.74, 6) is 1.46. The molecule has 1 aromatic rings. The number of aromatic nitrogens is 2. The molecule has 6 nitrogen and oxygen atoms in total. The number of methoxy groups -OCH3 is 2. The number of nitrogens with zero attached hydrogens (tertiary/aromatic N) is 3. The Morgan fingerprint density at radius 1 is 1.31 bits per heavy atom. The highest BCUT2D eigenvalue weighted by molar-refractivity contribution is 5.37. The Bertz CT molecular complexity index is 350. The first-order chi connectivity index (χ1) is 7.72. The van der Waals surface area contributed by atoms with Gasteiger partial charge in [0, 0.05) is 13.1 Å². The van der Waals surface area contributed by atoms with Crippen LogP contribution in [0.15, 0.2) is 6.07 Å². The van der Waals surface area contributed by atoms with E-state index in [1.54, 1.807) is 20.3 Å². The van der Waals surface area contributed by atoms with Crippen molar-refractivity contribution in [2.75, 3.05) is 32.2 Å². The molecule has 0 spiro atoms. The van der Waals surface area contributed by atoms with Crippen molar-refractivity contribution >= 4 is 5.95 Å². The lowest BCUT2D eigenvalue weighted by molar-refractivity contribution is 0.198. The number of hydrogen-bond acceptors (Lipinski definition) is 6. The molecule has 1 aromatic heterocycles. The zero-order chi connectivity index (χ0) is 11.5. The Balaban J connectivity index is 2.25. The van der Waals surface area contributed by atoms with E-state index in [0.717, 1.165) is 13.0 Å². The molecule has 1 atom stereocenters. The van der Waals surface area contributed by atoms with Crippen LogP contribution in [-0.4, -0.2) is 48.5 Å². The van der Waals surface area contributed by atoms with Crippen LogP contribution >= 0.6 is 0 Å². The topological polar surface area (TPSA) is 67.7 Å². The molecule has 88 valence electrons. The van der Waals surface area contributed by atoms with Gasteiger partial charge in [0.1, 0.15) is 0 Å². The molecular formula is C10H15N3O3. The minimum absolute atomic E-state index is 0.305. The third kappa shape index (κ3) is 2.16. The first-order valence-corrected chi connectivity index (χ1v) is 5.13. The maximum absolute atomic E-state index is 9.45. The summed E-state index contributed by atoms with van der Waals surface area (Å²) in [5.41, 5.74) is 0. The quantitative estimate of drug-likeness (QED) is 0.785. The number of rotatable bonds is 3. The van der Waals surface area contributed by atoms with E-state index in [1.165, 1.54) is 0 Å².